The van der Waals surface area contributed by atoms with E-state index in [4.69, 9.17) is 0 Å². The van der Waals surface area contributed by atoms with Gasteiger partial charge in [0.2, 0.25) is 0 Å². The van der Waals surface area contributed by atoms with Crippen LogP contribution in [0.25, 0.3) is 0 Å². The highest BCUT2D eigenvalue weighted by atomic mass is 79.9. The van der Waals surface area contributed by atoms with E-state index in [1.54, 1.807) is 6.92 Å². The van der Waals surface area contributed by atoms with Gasteiger partial charge in [0.05, 0.1) is 19.4 Å². The van der Waals surface area contributed by atoms with Gasteiger partial charge in [0.15, 0.2) is 0 Å². The number of carbonyl (C=O) groups is 2. The molecule has 0 aliphatic heterocycles. The second kappa shape index (κ2) is 8.42. The van der Waals surface area contributed by atoms with Crippen molar-refractivity contribution in [2.45, 2.75) is 6.92 Å². The minimum atomic E-state index is -0.895. The zero-order chi connectivity index (χ0) is 14.1. The maximum atomic E-state index is 11.8. The molecule has 0 aliphatic carbocycles. The van der Waals surface area contributed by atoms with Crippen LogP contribution in [0.5, 0.6) is 0 Å². The van der Waals surface area contributed by atoms with Crippen LogP contribution in [0.4, 0.5) is 0 Å². The van der Waals surface area contributed by atoms with Crippen molar-refractivity contribution in [3.8, 4) is 0 Å². The van der Waals surface area contributed by atoms with Gasteiger partial charge in [-0.1, -0.05) is 46.3 Å². The third-order valence-corrected chi connectivity index (χ3v) is 2.48. The average molecular weight is 327 g/mol. The largest absolute Gasteiger partial charge is 0.459 e. The highest BCUT2D eigenvalue weighted by molar-refractivity contribution is 9.09. The van der Waals surface area contributed by atoms with Crippen LogP contribution < -0.4 is 0 Å². The van der Waals surface area contributed by atoms with E-state index in [2.05, 4.69) is 25.8 Å². The highest BCUT2D eigenvalue weighted by Crippen LogP contribution is 1.99. The molecule has 6 heteroatoms. The first kappa shape index (κ1) is 15.4. The molecule has 0 unspecified atom stereocenters. The van der Waals surface area contributed by atoms with Gasteiger partial charge in [-0.05, 0) is 12.5 Å². The van der Waals surface area contributed by atoms with Crippen molar-refractivity contribution in [2.24, 2.45) is 5.10 Å². The van der Waals surface area contributed by atoms with E-state index in [9.17, 15) is 9.59 Å². The van der Waals surface area contributed by atoms with Crippen molar-refractivity contribution in [1.29, 1.82) is 0 Å². The predicted octanol–water partition coefficient (Wildman–Crippen LogP) is 1.81. The molecule has 0 aliphatic rings. The van der Waals surface area contributed by atoms with Crippen LogP contribution in [0.2, 0.25) is 0 Å². The SMILES string of the molecule is CCOC(=O)C(=O)N(CCBr)N=Cc1ccccc1. The Bertz CT molecular complexity index is 448. The third-order valence-electron chi connectivity index (χ3n) is 2.13. The van der Waals surface area contributed by atoms with Crippen molar-refractivity contribution in [2.75, 3.05) is 18.5 Å². The Balaban J connectivity index is 2.75. The Labute approximate surface area is 120 Å². The van der Waals surface area contributed by atoms with Gasteiger partial charge >= 0.3 is 11.9 Å². The molecule has 5 nitrogen and oxygen atoms in total. The van der Waals surface area contributed by atoms with Gasteiger partial charge in [0.1, 0.15) is 0 Å². The Kier molecular flexibility index (Phi) is 6.81. The van der Waals surface area contributed by atoms with E-state index < -0.39 is 11.9 Å². The lowest BCUT2D eigenvalue weighted by molar-refractivity contribution is -0.159. The Morgan fingerprint density at radius 2 is 2.05 bits per heavy atom. The minimum absolute atomic E-state index is 0.162. The molecular weight excluding hydrogens is 312 g/mol. The lowest BCUT2D eigenvalue weighted by Gasteiger charge is -2.14. The zero-order valence-electron chi connectivity index (χ0n) is 10.6. The molecular formula is C13H15BrN2O3. The van der Waals surface area contributed by atoms with E-state index in [-0.39, 0.29) is 6.61 Å². The molecule has 0 saturated carbocycles. The lowest BCUT2D eigenvalue weighted by Crippen LogP contribution is -2.35. The number of alkyl halides is 1. The topological polar surface area (TPSA) is 59.0 Å². The van der Waals surface area contributed by atoms with Crippen LogP contribution in [-0.2, 0) is 14.3 Å². The maximum Gasteiger partial charge on any atom is 0.398 e. The molecule has 0 aromatic heterocycles. The van der Waals surface area contributed by atoms with E-state index in [0.717, 1.165) is 10.6 Å². The van der Waals surface area contributed by atoms with Gasteiger partial charge in [-0.15, -0.1) is 0 Å². The molecule has 0 heterocycles. The molecule has 0 saturated heterocycles. The van der Waals surface area contributed by atoms with Gasteiger partial charge in [0, 0.05) is 5.33 Å². The standard InChI is InChI=1S/C13H15BrN2O3/c1-2-19-13(18)12(17)16(9-8-14)15-10-11-6-4-3-5-7-11/h3-7,10H,2,8-9H2,1H3. The second-order valence-electron chi connectivity index (χ2n) is 3.49. The molecule has 1 aromatic rings. The molecule has 19 heavy (non-hydrogen) atoms. The van der Waals surface area contributed by atoms with E-state index in [1.807, 2.05) is 30.3 Å². The van der Waals surface area contributed by atoms with E-state index in [0.29, 0.717) is 11.9 Å². The lowest BCUT2D eigenvalue weighted by atomic mass is 10.2. The normalized spacial score (nSPS) is 10.4. The molecule has 0 atom stereocenters. The average Bonchev–Trinajstić information content (AvgIpc) is 2.44. The number of benzene rings is 1. The summed E-state index contributed by atoms with van der Waals surface area (Å²) in [5, 5.41) is 5.62. The summed E-state index contributed by atoms with van der Waals surface area (Å²) in [5.74, 6) is -1.66. The molecule has 1 amide bonds. The summed E-state index contributed by atoms with van der Waals surface area (Å²) in [5.41, 5.74) is 0.846. The molecule has 0 radical (unpaired) electrons. The summed E-state index contributed by atoms with van der Waals surface area (Å²) < 4.78 is 4.66. The van der Waals surface area contributed by atoms with Gasteiger partial charge in [0.25, 0.3) is 0 Å². The van der Waals surface area contributed by atoms with Gasteiger partial charge in [-0.2, -0.15) is 5.10 Å². The molecule has 0 spiro atoms. The van der Waals surface area contributed by atoms with Crippen LogP contribution in [-0.4, -0.2) is 41.6 Å². The molecule has 102 valence electrons. The summed E-state index contributed by atoms with van der Waals surface area (Å²) >= 11 is 3.21. The molecule has 0 N–H and O–H groups in total. The summed E-state index contributed by atoms with van der Waals surface area (Å²) in [6.45, 7) is 2.10. The predicted molar refractivity (Wildman–Crippen MR) is 76.2 cm³/mol. The first-order valence-corrected chi connectivity index (χ1v) is 6.94. The Morgan fingerprint density at radius 1 is 1.37 bits per heavy atom. The van der Waals surface area contributed by atoms with Crippen molar-refractivity contribution in [3.05, 3.63) is 35.9 Å². The zero-order valence-corrected chi connectivity index (χ0v) is 12.2. The fourth-order valence-electron chi connectivity index (χ4n) is 1.27. The highest BCUT2D eigenvalue weighted by Gasteiger charge is 2.22. The first-order valence-electron chi connectivity index (χ1n) is 5.82. The first-order chi connectivity index (χ1) is 9.19. The van der Waals surface area contributed by atoms with Gasteiger partial charge in [-0.3, -0.25) is 4.79 Å². The van der Waals surface area contributed by atoms with Crippen LogP contribution >= 0.6 is 15.9 Å². The number of ether oxygens (including phenoxy) is 1. The monoisotopic (exact) mass is 326 g/mol. The fraction of sp³-hybridized carbons (Fsp3) is 0.308. The quantitative estimate of drug-likeness (QED) is 0.272. The number of hydrazone groups is 1. The summed E-state index contributed by atoms with van der Waals surface area (Å²) in [6.07, 6.45) is 1.53. The number of hydrogen-bond donors (Lipinski definition) is 0. The van der Waals surface area contributed by atoms with Crippen molar-refractivity contribution in [1.82, 2.24) is 5.01 Å². The van der Waals surface area contributed by atoms with Crippen LogP contribution in [0.1, 0.15) is 12.5 Å². The smallest absolute Gasteiger partial charge is 0.398 e. The van der Waals surface area contributed by atoms with Crippen LogP contribution in [0.15, 0.2) is 35.4 Å². The summed E-state index contributed by atoms with van der Waals surface area (Å²) in [4.78, 5) is 23.1. The van der Waals surface area contributed by atoms with E-state index >= 15 is 0 Å². The second-order valence-corrected chi connectivity index (χ2v) is 4.29. The number of amides is 1. The number of halogens is 1. The maximum absolute atomic E-state index is 11.8. The minimum Gasteiger partial charge on any atom is -0.459 e. The van der Waals surface area contributed by atoms with Gasteiger partial charge < -0.3 is 4.74 Å². The number of rotatable bonds is 5. The number of hydrogen-bond acceptors (Lipinski definition) is 4. The summed E-state index contributed by atoms with van der Waals surface area (Å²) in [6, 6.07) is 9.32. The van der Waals surface area contributed by atoms with Crippen molar-refractivity contribution >= 4 is 34.0 Å². The van der Waals surface area contributed by atoms with Crippen molar-refractivity contribution in [3.63, 3.8) is 0 Å². The van der Waals surface area contributed by atoms with Crippen molar-refractivity contribution < 1.29 is 14.3 Å². The van der Waals surface area contributed by atoms with Crippen LogP contribution in [0, 0.1) is 0 Å². The number of carbonyl (C=O) groups excluding carboxylic acids is 2. The molecule has 0 bridgehead atoms. The Morgan fingerprint density at radius 3 is 2.63 bits per heavy atom. The summed E-state index contributed by atoms with van der Waals surface area (Å²) in [7, 11) is 0. The number of nitrogens with zero attached hydrogens (tertiary/aromatic N) is 2. The van der Waals surface area contributed by atoms with Crippen LogP contribution in [0.3, 0.4) is 0 Å². The van der Waals surface area contributed by atoms with E-state index in [1.165, 1.54) is 6.21 Å². The molecule has 1 rings (SSSR count). The van der Waals surface area contributed by atoms with Gasteiger partial charge in [-0.25, -0.2) is 9.80 Å². The number of esters is 1. The Hall–Kier alpha value is -1.69. The molecule has 0 fully saturated rings. The molecule has 1 aromatic carbocycles. The fourth-order valence-corrected chi connectivity index (χ4v) is 1.60. The third kappa shape index (κ3) is 5.21.